The Kier molecular flexibility index (Phi) is 5.72. The van der Waals surface area contributed by atoms with Crippen molar-refractivity contribution in [3.63, 3.8) is 0 Å². The number of benzene rings is 1. The fourth-order valence-electron chi connectivity index (χ4n) is 2.37. The summed E-state index contributed by atoms with van der Waals surface area (Å²) in [6.45, 7) is 4.89. The van der Waals surface area contributed by atoms with Gasteiger partial charge in [0.15, 0.2) is 0 Å². The number of hydrogen-bond donors (Lipinski definition) is 0. The Labute approximate surface area is 129 Å². The molecule has 0 aliphatic heterocycles. The summed E-state index contributed by atoms with van der Waals surface area (Å²) in [4.78, 5) is 24.7. The van der Waals surface area contributed by atoms with Crippen molar-refractivity contribution < 1.29 is 14.3 Å². The highest BCUT2D eigenvalue weighted by molar-refractivity contribution is 5.82. The van der Waals surface area contributed by atoms with Crippen molar-refractivity contribution in [2.45, 2.75) is 26.3 Å². The van der Waals surface area contributed by atoms with Gasteiger partial charge in [-0.3, -0.25) is 4.79 Å². The fraction of sp³-hybridized carbons (Fsp3) is 0.412. The number of pyridine rings is 1. The van der Waals surface area contributed by atoms with Gasteiger partial charge >= 0.3 is 5.97 Å². The maximum absolute atomic E-state index is 12.5. The van der Waals surface area contributed by atoms with Gasteiger partial charge in [0.05, 0.1) is 6.61 Å². The van der Waals surface area contributed by atoms with E-state index in [0.29, 0.717) is 25.0 Å². The first kappa shape index (κ1) is 16.2. The Morgan fingerprint density at radius 1 is 1.18 bits per heavy atom. The van der Waals surface area contributed by atoms with E-state index in [9.17, 15) is 9.59 Å². The second-order valence-corrected chi connectivity index (χ2v) is 4.90. The lowest BCUT2D eigenvalue weighted by molar-refractivity contribution is -0.149. The molecule has 1 unspecified atom stereocenters. The van der Waals surface area contributed by atoms with E-state index in [1.54, 1.807) is 12.3 Å². The van der Waals surface area contributed by atoms with Crippen LogP contribution in [0.15, 0.2) is 41.3 Å². The van der Waals surface area contributed by atoms with E-state index in [0.717, 1.165) is 5.39 Å². The number of rotatable bonds is 7. The van der Waals surface area contributed by atoms with Gasteiger partial charge in [0.2, 0.25) is 0 Å². The molecule has 22 heavy (non-hydrogen) atoms. The number of carbonyl (C=O) groups is 1. The standard InChI is InChI=1S/C17H21NO4/c1-3-15(17(20)22-12-11-21-4-2)18-10-9-13-7-5-6-8-14(13)16(18)19/h5-10,15H,3-4,11-12H2,1-2H3. The predicted octanol–water partition coefficient (Wildman–Crippen LogP) is 2.53. The van der Waals surface area contributed by atoms with Crippen molar-refractivity contribution in [2.75, 3.05) is 19.8 Å². The number of nitrogens with zero attached hydrogens (tertiary/aromatic N) is 1. The van der Waals surface area contributed by atoms with Gasteiger partial charge in [-0.2, -0.15) is 0 Å². The molecule has 0 radical (unpaired) electrons. The molecule has 0 saturated carbocycles. The molecule has 2 aromatic rings. The largest absolute Gasteiger partial charge is 0.462 e. The molecule has 1 aromatic heterocycles. The third-order valence-electron chi connectivity index (χ3n) is 3.51. The van der Waals surface area contributed by atoms with Crippen molar-refractivity contribution in [2.24, 2.45) is 0 Å². The number of aromatic nitrogens is 1. The molecular formula is C17H21NO4. The molecule has 1 atom stereocenters. The Bertz CT molecular complexity index is 692. The molecule has 1 aromatic carbocycles. The molecule has 0 spiro atoms. The second-order valence-electron chi connectivity index (χ2n) is 4.90. The van der Waals surface area contributed by atoms with E-state index in [4.69, 9.17) is 9.47 Å². The maximum atomic E-state index is 12.5. The summed E-state index contributed by atoms with van der Waals surface area (Å²) < 4.78 is 11.8. The first-order valence-electron chi connectivity index (χ1n) is 7.53. The molecule has 0 aliphatic carbocycles. The molecule has 0 bridgehead atoms. The van der Waals surface area contributed by atoms with Gasteiger partial charge in [-0.05, 0) is 30.9 Å². The molecule has 5 nitrogen and oxygen atoms in total. The van der Waals surface area contributed by atoms with Crippen molar-refractivity contribution in [3.05, 3.63) is 46.9 Å². The number of carbonyl (C=O) groups excluding carboxylic acids is 1. The lowest BCUT2D eigenvalue weighted by atomic mass is 10.1. The molecule has 0 N–H and O–H groups in total. The third-order valence-corrected chi connectivity index (χ3v) is 3.51. The molecule has 0 amide bonds. The molecule has 0 fully saturated rings. The van der Waals surface area contributed by atoms with Gasteiger partial charge in [-0.1, -0.05) is 25.1 Å². The highest BCUT2D eigenvalue weighted by atomic mass is 16.6. The highest BCUT2D eigenvalue weighted by Gasteiger charge is 2.21. The summed E-state index contributed by atoms with van der Waals surface area (Å²) in [6.07, 6.45) is 2.15. The molecule has 118 valence electrons. The SMILES string of the molecule is CCOCCOC(=O)C(CC)n1ccc2ccccc2c1=O. The van der Waals surface area contributed by atoms with Crippen LogP contribution in [0, 0.1) is 0 Å². The van der Waals surface area contributed by atoms with Crippen LogP contribution in [-0.2, 0) is 14.3 Å². The van der Waals surface area contributed by atoms with E-state index < -0.39 is 12.0 Å². The van der Waals surface area contributed by atoms with E-state index in [-0.39, 0.29) is 12.2 Å². The van der Waals surface area contributed by atoms with Gasteiger partial charge in [0.1, 0.15) is 12.6 Å². The molecule has 1 heterocycles. The van der Waals surface area contributed by atoms with Crippen LogP contribution in [0.5, 0.6) is 0 Å². The first-order valence-corrected chi connectivity index (χ1v) is 7.53. The van der Waals surface area contributed by atoms with Crippen molar-refractivity contribution in [1.82, 2.24) is 4.57 Å². The van der Waals surface area contributed by atoms with Crippen LogP contribution >= 0.6 is 0 Å². The van der Waals surface area contributed by atoms with E-state index in [1.165, 1.54) is 4.57 Å². The maximum Gasteiger partial charge on any atom is 0.329 e. The molecule has 0 aliphatic rings. The zero-order valence-electron chi connectivity index (χ0n) is 13.0. The van der Waals surface area contributed by atoms with Gasteiger partial charge in [0.25, 0.3) is 5.56 Å². The highest BCUT2D eigenvalue weighted by Crippen LogP contribution is 2.15. The topological polar surface area (TPSA) is 57.5 Å². The normalized spacial score (nSPS) is 12.3. The summed E-state index contributed by atoms with van der Waals surface area (Å²) in [5.41, 5.74) is -0.174. The van der Waals surface area contributed by atoms with Gasteiger partial charge in [0, 0.05) is 18.2 Å². The van der Waals surface area contributed by atoms with Gasteiger partial charge in [-0.15, -0.1) is 0 Å². The lowest BCUT2D eigenvalue weighted by Gasteiger charge is -2.17. The molecule has 5 heteroatoms. The average Bonchev–Trinajstić information content (AvgIpc) is 2.54. The summed E-state index contributed by atoms with van der Waals surface area (Å²) in [6, 6.07) is 8.57. The van der Waals surface area contributed by atoms with Crippen molar-refractivity contribution in [1.29, 1.82) is 0 Å². The van der Waals surface area contributed by atoms with Crippen LogP contribution in [0.2, 0.25) is 0 Å². The number of ether oxygens (including phenoxy) is 2. The zero-order chi connectivity index (χ0) is 15.9. The lowest BCUT2D eigenvalue weighted by Crippen LogP contribution is -2.31. The number of esters is 1. The summed E-state index contributed by atoms with van der Waals surface area (Å²) in [7, 11) is 0. The Balaban J connectivity index is 2.22. The Hall–Kier alpha value is -2.14. The van der Waals surface area contributed by atoms with E-state index in [1.807, 2.05) is 38.1 Å². The number of hydrogen-bond acceptors (Lipinski definition) is 4. The van der Waals surface area contributed by atoms with E-state index >= 15 is 0 Å². The monoisotopic (exact) mass is 303 g/mol. The van der Waals surface area contributed by atoms with Crippen molar-refractivity contribution in [3.8, 4) is 0 Å². The van der Waals surface area contributed by atoms with E-state index in [2.05, 4.69) is 0 Å². The Morgan fingerprint density at radius 2 is 1.95 bits per heavy atom. The Morgan fingerprint density at radius 3 is 2.68 bits per heavy atom. The van der Waals surface area contributed by atoms with Crippen LogP contribution in [-0.4, -0.2) is 30.4 Å². The second kappa shape index (κ2) is 7.75. The molecule has 2 rings (SSSR count). The minimum Gasteiger partial charge on any atom is -0.462 e. The summed E-state index contributed by atoms with van der Waals surface area (Å²) in [5, 5.41) is 1.47. The fourth-order valence-corrected chi connectivity index (χ4v) is 2.37. The van der Waals surface area contributed by atoms with Gasteiger partial charge < -0.3 is 14.0 Å². The van der Waals surface area contributed by atoms with Crippen LogP contribution < -0.4 is 5.56 Å². The van der Waals surface area contributed by atoms with Crippen LogP contribution in [0.25, 0.3) is 10.8 Å². The number of fused-ring (bicyclic) bond motifs is 1. The van der Waals surface area contributed by atoms with Crippen LogP contribution in [0.4, 0.5) is 0 Å². The molecule has 0 saturated heterocycles. The van der Waals surface area contributed by atoms with Gasteiger partial charge in [-0.25, -0.2) is 4.79 Å². The van der Waals surface area contributed by atoms with Crippen LogP contribution in [0.3, 0.4) is 0 Å². The van der Waals surface area contributed by atoms with Crippen molar-refractivity contribution >= 4 is 16.7 Å². The smallest absolute Gasteiger partial charge is 0.329 e. The molecular weight excluding hydrogens is 282 g/mol. The minimum absolute atomic E-state index is 0.174. The summed E-state index contributed by atoms with van der Waals surface area (Å²) in [5.74, 6) is -0.403. The quantitative estimate of drug-likeness (QED) is 0.582. The average molecular weight is 303 g/mol. The third kappa shape index (κ3) is 3.54. The zero-order valence-corrected chi connectivity index (χ0v) is 13.0. The summed E-state index contributed by atoms with van der Waals surface area (Å²) >= 11 is 0. The minimum atomic E-state index is -0.612. The first-order chi connectivity index (χ1) is 10.7. The van der Waals surface area contributed by atoms with Crippen LogP contribution in [0.1, 0.15) is 26.3 Å². The predicted molar refractivity (Wildman–Crippen MR) is 85.0 cm³/mol.